The third kappa shape index (κ3) is 1.20. The molecule has 0 N–H and O–H groups in total. The normalized spacial score (nSPS) is 47.1. The topological polar surface area (TPSA) is 0 Å². The van der Waals surface area contributed by atoms with Crippen molar-refractivity contribution in [2.45, 2.75) is 49.5 Å². The van der Waals surface area contributed by atoms with Gasteiger partial charge in [-0.15, -0.1) is 0 Å². The fourth-order valence-electron chi connectivity index (χ4n) is 2.32. The Hall–Kier alpha value is 0.350. The first kappa shape index (κ1) is 7.02. The van der Waals surface area contributed by atoms with Gasteiger partial charge in [0.2, 0.25) is 0 Å². The summed E-state index contributed by atoms with van der Waals surface area (Å²) in [5.74, 6) is 1.07. The summed E-state index contributed by atoms with van der Waals surface area (Å²) in [5.41, 5.74) is 0. The highest BCUT2D eigenvalue weighted by atomic mass is 32.2. The first-order chi connectivity index (χ1) is 4.86. The number of fused-ring (bicyclic) bond motifs is 4. The monoisotopic (exact) mass is 156 g/mol. The van der Waals surface area contributed by atoms with Crippen LogP contribution in [-0.2, 0) is 0 Å². The van der Waals surface area contributed by atoms with E-state index in [1.165, 1.54) is 32.1 Å². The van der Waals surface area contributed by atoms with Gasteiger partial charge in [-0.05, 0) is 31.6 Å². The lowest BCUT2D eigenvalue weighted by atomic mass is 9.97. The van der Waals surface area contributed by atoms with Crippen LogP contribution in [0, 0.1) is 5.92 Å². The van der Waals surface area contributed by atoms with Gasteiger partial charge in [-0.3, -0.25) is 0 Å². The molecule has 2 heterocycles. The van der Waals surface area contributed by atoms with Crippen LogP contribution in [0.4, 0.5) is 0 Å². The van der Waals surface area contributed by atoms with Crippen molar-refractivity contribution < 1.29 is 0 Å². The second kappa shape index (κ2) is 2.77. The minimum Gasteiger partial charge on any atom is -0.155 e. The zero-order chi connectivity index (χ0) is 6.97. The Labute approximate surface area is 67.8 Å². The summed E-state index contributed by atoms with van der Waals surface area (Å²) in [4.78, 5) is 0. The molecule has 1 saturated carbocycles. The molecular weight excluding hydrogens is 140 g/mol. The molecule has 3 rings (SSSR count). The zero-order valence-corrected chi connectivity index (χ0v) is 7.49. The molecule has 2 bridgehead atoms. The molecule has 3 atom stereocenters. The highest BCUT2D eigenvalue weighted by Gasteiger charge is 2.30. The molecule has 58 valence electrons. The molecule has 0 aromatic rings. The minimum absolute atomic E-state index is 0.973. The second-order valence-corrected chi connectivity index (χ2v) is 5.41. The van der Waals surface area contributed by atoms with Crippen LogP contribution in [-0.4, -0.2) is 10.5 Å². The lowest BCUT2D eigenvalue weighted by molar-refractivity contribution is 0.449. The third-order valence-electron chi connectivity index (χ3n) is 3.03. The van der Waals surface area contributed by atoms with Crippen molar-refractivity contribution in [2.75, 3.05) is 0 Å². The number of hydrogen-bond donors (Lipinski definition) is 0. The lowest BCUT2D eigenvalue weighted by Crippen LogP contribution is -2.20. The van der Waals surface area contributed by atoms with Gasteiger partial charge >= 0.3 is 0 Å². The second-order valence-electron chi connectivity index (χ2n) is 3.73. The fourth-order valence-corrected chi connectivity index (χ4v) is 3.99. The van der Waals surface area contributed by atoms with E-state index in [2.05, 4.69) is 18.7 Å². The van der Waals surface area contributed by atoms with E-state index in [4.69, 9.17) is 0 Å². The van der Waals surface area contributed by atoms with Crippen LogP contribution in [0.3, 0.4) is 0 Å². The molecule has 1 aliphatic carbocycles. The molecule has 10 heavy (non-hydrogen) atoms. The van der Waals surface area contributed by atoms with Gasteiger partial charge in [-0.25, -0.2) is 0 Å². The Balaban J connectivity index is 2.07. The van der Waals surface area contributed by atoms with Crippen LogP contribution < -0.4 is 0 Å². The van der Waals surface area contributed by atoms with Gasteiger partial charge in [0, 0.05) is 10.5 Å². The van der Waals surface area contributed by atoms with E-state index in [0.29, 0.717) is 0 Å². The Morgan fingerprint density at radius 3 is 2.80 bits per heavy atom. The highest BCUT2D eigenvalue weighted by molar-refractivity contribution is 8.00. The molecule has 0 amide bonds. The Kier molecular flexibility index (Phi) is 1.94. The van der Waals surface area contributed by atoms with Crippen LogP contribution >= 0.6 is 11.8 Å². The van der Waals surface area contributed by atoms with Crippen LogP contribution in [0.15, 0.2) is 0 Å². The highest BCUT2D eigenvalue weighted by Crippen LogP contribution is 2.43. The van der Waals surface area contributed by atoms with Gasteiger partial charge < -0.3 is 0 Å². The molecule has 0 nitrogen and oxygen atoms in total. The van der Waals surface area contributed by atoms with E-state index in [0.717, 1.165) is 16.4 Å². The van der Waals surface area contributed by atoms with Crippen LogP contribution in [0.2, 0.25) is 0 Å². The fraction of sp³-hybridized carbons (Fsp3) is 1.00. The molecular formula is C9H16S. The van der Waals surface area contributed by atoms with Crippen LogP contribution in [0.5, 0.6) is 0 Å². The molecule has 0 spiro atoms. The van der Waals surface area contributed by atoms with Gasteiger partial charge in [0.25, 0.3) is 0 Å². The number of thioether (sulfide) groups is 1. The molecule has 3 fully saturated rings. The maximum Gasteiger partial charge on any atom is 0.00499 e. The SMILES string of the molecule is CC1SC2CCCC1CC2. The Morgan fingerprint density at radius 1 is 1.10 bits per heavy atom. The largest absolute Gasteiger partial charge is 0.155 e. The van der Waals surface area contributed by atoms with Crippen molar-refractivity contribution in [1.82, 2.24) is 0 Å². The maximum absolute atomic E-state index is 2.42. The first-order valence-electron chi connectivity index (χ1n) is 4.52. The van der Waals surface area contributed by atoms with E-state index in [-0.39, 0.29) is 0 Å². The molecule has 2 saturated heterocycles. The van der Waals surface area contributed by atoms with Gasteiger partial charge in [0.05, 0.1) is 0 Å². The molecule has 3 aliphatic rings. The van der Waals surface area contributed by atoms with Gasteiger partial charge in [-0.1, -0.05) is 13.3 Å². The van der Waals surface area contributed by atoms with Crippen LogP contribution in [0.25, 0.3) is 0 Å². The third-order valence-corrected chi connectivity index (χ3v) is 4.70. The van der Waals surface area contributed by atoms with E-state index in [1.54, 1.807) is 0 Å². The van der Waals surface area contributed by atoms with Crippen molar-refractivity contribution in [2.24, 2.45) is 5.92 Å². The average molecular weight is 156 g/mol. The van der Waals surface area contributed by atoms with Crippen molar-refractivity contribution >= 4 is 11.8 Å². The summed E-state index contributed by atoms with van der Waals surface area (Å²) >= 11 is 2.26. The van der Waals surface area contributed by atoms with Gasteiger partial charge in [0.1, 0.15) is 0 Å². The number of hydrogen-bond acceptors (Lipinski definition) is 1. The molecule has 0 aromatic heterocycles. The predicted molar refractivity (Wildman–Crippen MR) is 47.4 cm³/mol. The standard InChI is InChI=1S/C9H16S/c1-7-8-3-2-4-9(10-7)6-5-8/h7-9H,2-6H2,1H3. The van der Waals surface area contributed by atoms with E-state index < -0.39 is 0 Å². The predicted octanol–water partition coefficient (Wildman–Crippen LogP) is 3.07. The van der Waals surface area contributed by atoms with E-state index in [1.807, 2.05) is 0 Å². The zero-order valence-electron chi connectivity index (χ0n) is 6.68. The van der Waals surface area contributed by atoms with Gasteiger partial charge in [0.15, 0.2) is 0 Å². The maximum atomic E-state index is 2.42. The van der Waals surface area contributed by atoms with Crippen molar-refractivity contribution in [3.8, 4) is 0 Å². The minimum atomic E-state index is 0.973. The number of rotatable bonds is 0. The summed E-state index contributed by atoms with van der Waals surface area (Å²) in [6.45, 7) is 2.42. The molecule has 0 aromatic carbocycles. The summed E-state index contributed by atoms with van der Waals surface area (Å²) in [6.07, 6.45) is 7.57. The molecule has 2 aliphatic heterocycles. The molecule has 0 radical (unpaired) electrons. The van der Waals surface area contributed by atoms with E-state index in [9.17, 15) is 0 Å². The summed E-state index contributed by atoms with van der Waals surface area (Å²) in [6, 6.07) is 0. The molecule has 3 unspecified atom stereocenters. The van der Waals surface area contributed by atoms with Crippen molar-refractivity contribution in [1.29, 1.82) is 0 Å². The van der Waals surface area contributed by atoms with Crippen LogP contribution in [0.1, 0.15) is 39.0 Å². The smallest absolute Gasteiger partial charge is 0.00499 e. The summed E-state index contributed by atoms with van der Waals surface area (Å²) in [5, 5.41) is 2.01. The molecule has 1 heteroatoms. The summed E-state index contributed by atoms with van der Waals surface area (Å²) < 4.78 is 0. The average Bonchev–Trinajstić information content (AvgIpc) is 2.20. The van der Waals surface area contributed by atoms with Crippen molar-refractivity contribution in [3.05, 3.63) is 0 Å². The van der Waals surface area contributed by atoms with Gasteiger partial charge in [-0.2, -0.15) is 11.8 Å². The van der Waals surface area contributed by atoms with Crippen molar-refractivity contribution in [3.63, 3.8) is 0 Å². The van der Waals surface area contributed by atoms with E-state index >= 15 is 0 Å². The Bertz CT molecular complexity index is 118. The quantitative estimate of drug-likeness (QED) is 0.519. The lowest BCUT2D eigenvalue weighted by Gasteiger charge is -2.29. The Morgan fingerprint density at radius 2 is 2.00 bits per heavy atom. The first-order valence-corrected chi connectivity index (χ1v) is 5.46. The summed E-state index contributed by atoms with van der Waals surface area (Å²) in [7, 11) is 0.